The molecule has 0 saturated carbocycles. The first-order valence-corrected chi connectivity index (χ1v) is 7.59. The lowest BCUT2D eigenvalue weighted by atomic mass is 9.95. The number of aliphatic hydroxyl groups is 1. The maximum Gasteiger partial charge on any atom is 0.329 e. The minimum atomic E-state index is -0.638. The fourth-order valence-corrected chi connectivity index (χ4v) is 2.37. The molecule has 0 aliphatic carbocycles. The lowest BCUT2D eigenvalue weighted by molar-refractivity contribution is 0.163. The van der Waals surface area contributed by atoms with Crippen LogP contribution in [0.2, 0.25) is 0 Å². The highest BCUT2D eigenvalue weighted by Crippen LogP contribution is 2.24. The van der Waals surface area contributed by atoms with E-state index in [1.807, 2.05) is 39.0 Å². The first kappa shape index (κ1) is 18.3. The van der Waals surface area contributed by atoms with E-state index in [-0.39, 0.29) is 25.2 Å². The van der Waals surface area contributed by atoms with Crippen LogP contribution in [-0.2, 0) is 12.8 Å². The van der Waals surface area contributed by atoms with Gasteiger partial charge in [0.05, 0.1) is 12.6 Å². The molecule has 0 aromatic heterocycles. The summed E-state index contributed by atoms with van der Waals surface area (Å²) >= 11 is 0. The average molecular weight is 309 g/mol. The summed E-state index contributed by atoms with van der Waals surface area (Å²) in [6.45, 7) is 6.27. The number of aliphatic hydroxyl groups excluding tert-OH is 1. The van der Waals surface area contributed by atoms with E-state index in [1.165, 1.54) is 0 Å². The van der Waals surface area contributed by atoms with Crippen LogP contribution in [0, 0.1) is 5.92 Å². The second-order valence-corrected chi connectivity index (χ2v) is 5.63. The van der Waals surface area contributed by atoms with E-state index in [0.717, 1.165) is 28.3 Å². The Morgan fingerprint density at radius 1 is 1.41 bits per heavy atom. The lowest BCUT2D eigenvalue weighted by Gasteiger charge is -2.29. The highest BCUT2D eigenvalue weighted by Gasteiger charge is 2.23. The summed E-state index contributed by atoms with van der Waals surface area (Å²) in [6.07, 6.45) is 1.44. The predicted molar refractivity (Wildman–Crippen MR) is 86.3 cm³/mol. The Kier molecular flexibility index (Phi) is 7.14. The fourth-order valence-electron chi connectivity index (χ4n) is 2.37. The summed E-state index contributed by atoms with van der Waals surface area (Å²) in [6, 6.07) is 5.13. The summed E-state index contributed by atoms with van der Waals surface area (Å²) in [7, 11) is 0. The molecule has 124 valence electrons. The Hall–Kier alpha value is -1.79. The zero-order valence-electron chi connectivity index (χ0n) is 13.6. The van der Waals surface area contributed by atoms with E-state index in [9.17, 15) is 4.79 Å². The monoisotopic (exact) mass is 309 g/mol. The maximum absolute atomic E-state index is 11.3. The smallest absolute Gasteiger partial charge is 0.329 e. The number of carbonyl (C=O) groups is 1. The van der Waals surface area contributed by atoms with E-state index >= 15 is 0 Å². The van der Waals surface area contributed by atoms with Crippen LogP contribution in [0.3, 0.4) is 0 Å². The molecule has 1 rings (SSSR count). The van der Waals surface area contributed by atoms with Crippen LogP contribution in [0.1, 0.15) is 31.9 Å². The van der Waals surface area contributed by atoms with Crippen molar-refractivity contribution < 1.29 is 14.6 Å². The van der Waals surface area contributed by atoms with Gasteiger partial charge in [-0.15, -0.1) is 0 Å². The number of primary amides is 1. The number of carbonyl (C=O) groups excluding carboxylic acids is 1. The molecule has 0 bridgehead atoms. The number of benzene rings is 1. The first-order chi connectivity index (χ1) is 10.4. The van der Waals surface area contributed by atoms with Crippen molar-refractivity contribution >= 4 is 6.03 Å². The zero-order chi connectivity index (χ0) is 16.7. The topological polar surface area (TPSA) is 102 Å². The maximum atomic E-state index is 11.3. The van der Waals surface area contributed by atoms with E-state index in [4.69, 9.17) is 21.4 Å². The van der Waals surface area contributed by atoms with Gasteiger partial charge in [-0.25, -0.2) is 10.6 Å². The second-order valence-electron chi connectivity index (χ2n) is 5.63. The molecule has 0 radical (unpaired) electrons. The molecule has 2 amide bonds. The van der Waals surface area contributed by atoms with Gasteiger partial charge in [-0.1, -0.05) is 32.9 Å². The van der Waals surface area contributed by atoms with Crippen LogP contribution in [0.5, 0.6) is 5.75 Å². The van der Waals surface area contributed by atoms with Gasteiger partial charge in [-0.2, -0.15) is 0 Å². The normalized spacial score (nSPS) is 12.3. The Balaban J connectivity index is 2.97. The molecular weight excluding hydrogens is 282 g/mol. The van der Waals surface area contributed by atoms with Crippen molar-refractivity contribution in [2.24, 2.45) is 17.5 Å². The molecule has 1 atom stereocenters. The minimum absolute atomic E-state index is 0.0275. The molecule has 0 aliphatic heterocycles. The number of nitrogens with two attached hydrogens (primary N) is 2. The number of hydrogen-bond acceptors (Lipinski definition) is 4. The van der Waals surface area contributed by atoms with Gasteiger partial charge in [-0.3, -0.25) is 5.01 Å². The Morgan fingerprint density at radius 3 is 2.59 bits per heavy atom. The molecule has 5 N–H and O–H groups in total. The number of rotatable bonds is 8. The highest BCUT2D eigenvalue weighted by atomic mass is 16.5. The molecule has 0 heterocycles. The highest BCUT2D eigenvalue weighted by molar-refractivity contribution is 5.71. The molecule has 0 fully saturated rings. The second kappa shape index (κ2) is 8.60. The average Bonchev–Trinajstić information content (AvgIpc) is 2.49. The third kappa shape index (κ3) is 4.89. The number of hydrazine groups is 1. The van der Waals surface area contributed by atoms with Crippen molar-refractivity contribution in [1.29, 1.82) is 0 Å². The van der Waals surface area contributed by atoms with Crippen LogP contribution in [0.4, 0.5) is 4.79 Å². The summed E-state index contributed by atoms with van der Waals surface area (Å²) in [5.41, 5.74) is 7.37. The SMILES string of the molecule is CCc1ccc(CC(C(C)C)N(N)C(N)=O)cc1OCCO. The predicted octanol–water partition coefficient (Wildman–Crippen LogP) is 1.44. The van der Waals surface area contributed by atoms with Gasteiger partial charge in [0, 0.05) is 0 Å². The molecule has 0 aliphatic rings. The number of nitrogens with zero attached hydrogens (tertiary/aromatic N) is 1. The van der Waals surface area contributed by atoms with Gasteiger partial charge in [0.2, 0.25) is 0 Å². The van der Waals surface area contributed by atoms with Crippen LogP contribution < -0.4 is 16.3 Å². The van der Waals surface area contributed by atoms with Crippen LogP contribution in [0.25, 0.3) is 0 Å². The Labute approximate surface area is 132 Å². The minimum Gasteiger partial charge on any atom is -0.491 e. The van der Waals surface area contributed by atoms with Gasteiger partial charge >= 0.3 is 6.03 Å². The Bertz CT molecular complexity index is 492. The molecule has 6 nitrogen and oxygen atoms in total. The number of urea groups is 1. The molecule has 0 spiro atoms. The number of ether oxygens (including phenoxy) is 1. The zero-order valence-corrected chi connectivity index (χ0v) is 13.6. The lowest BCUT2D eigenvalue weighted by Crippen LogP contribution is -2.51. The van der Waals surface area contributed by atoms with Crippen molar-refractivity contribution in [3.63, 3.8) is 0 Å². The van der Waals surface area contributed by atoms with Gasteiger partial charge in [-0.05, 0) is 36.0 Å². The molecule has 22 heavy (non-hydrogen) atoms. The van der Waals surface area contributed by atoms with Crippen molar-refractivity contribution in [2.75, 3.05) is 13.2 Å². The van der Waals surface area contributed by atoms with Gasteiger partial charge < -0.3 is 15.6 Å². The fraction of sp³-hybridized carbons (Fsp3) is 0.562. The number of amides is 2. The van der Waals surface area contributed by atoms with Crippen molar-refractivity contribution in [3.05, 3.63) is 29.3 Å². The third-order valence-corrected chi connectivity index (χ3v) is 3.69. The molecule has 1 unspecified atom stereocenters. The van der Waals surface area contributed by atoms with Crippen LogP contribution in [0.15, 0.2) is 18.2 Å². The quantitative estimate of drug-likeness (QED) is 0.384. The van der Waals surface area contributed by atoms with Crippen LogP contribution in [-0.4, -0.2) is 35.4 Å². The molecule has 6 heteroatoms. The molecule has 0 saturated heterocycles. The molecule has 1 aromatic carbocycles. The van der Waals surface area contributed by atoms with Crippen molar-refractivity contribution in [2.45, 2.75) is 39.7 Å². The number of hydrogen-bond donors (Lipinski definition) is 3. The molecular formula is C16H27N3O3. The van der Waals surface area contributed by atoms with Gasteiger partial charge in [0.25, 0.3) is 0 Å². The number of aryl methyl sites for hydroxylation is 1. The standard InChI is InChI=1S/C16H27N3O3/c1-4-13-6-5-12(10-15(13)22-8-7-20)9-14(11(2)3)19(18)16(17)21/h5-6,10-11,14,20H,4,7-9,18H2,1-3H3,(H2,17,21). The largest absolute Gasteiger partial charge is 0.491 e. The van der Waals surface area contributed by atoms with E-state index < -0.39 is 6.03 Å². The van der Waals surface area contributed by atoms with Gasteiger partial charge in [0.1, 0.15) is 12.4 Å². The van der Waals surface area contributed by atoms with Crippen LogP contribution >= 0.6 is 0 Å². The first-order valence-electron chi connectivity index (χ1n) is 7.59. The summed E-state index contributed by atoms with van der Waals surface area (Å²) in [5, 5.41) is 10.0. The summed E-state index contributed by atoms with van der Waals surface area (Å²) < 4.78 is 5.58. The Morgan fingerprint density at radius 2 is 2.09 bits per heavy atom. The van der Waals surface area contributed by atoms with Crippen molar-refractivity contribution in [3.8, 4) is 5.75 Å². The van der Waals surface area contributed by atoms with E-state index in [0.29, 0.717) is 6.42 Å². The van der Waals surface area contributed by atoms with Gasteiger partial charge in [0.15, 0.2) is 0 Å². The summed E-state index contributed by atoms with van der Waals surface area (Å²) in [5.74, 6) is 6.71. The van der Waals surface area contributed by atoms with E-state index in [1.54, 1.807) is 0 Å². The third-order valence-electron chi connectivity index (χ3n) is 3.69. The van der Waals surface area contributed by atoms with Crippen molar-refractivity contribution in [1.82, 2.24) is 5.01 Å². The summed E-state index contributed by atoms with van der Waals surface area (Å²) in [4.78, 5) is 11.3. The molecule has 1 aromatic rings. The van der Waals surface area contributed by atoms with E-state index in [2.05, 4.69) is 0 Å².